The zero-order chi connectivity index (χ0) is 13.9. The van der Waals surface area contributed by atoms with Crippen LogP contribution in [0.5, 0.6) is 0 Å². The molecular weight excluding hydrogens is 248 g/mol. The fourth-order valence-corrected chi connectivity index (χ4v) is 2.26. The van der Waals surface area contributed by atoms with Crippen molar-refractivity contribution in [3.05, 3.63) is 71.8 Å². The van der Waals surface area contributed by atoms with Crippen LogP contribution in [-0.2, 0) is 0 Å². The second-order valence-electron chi connectivity index (χ2n) is 4.82. The number of hydrogen-bond acceptors (Lipinski definition) is 4. The molecule has 100 valence electrons. The number of nitrogens with zero attached hydrogens (tertiary/aromatic N) is 2. The Morgan fingerprint density at radius 2 is 1.70 bits per heavy atom. The summed E-state index contributed by atoms with van der Waals surface area (Å²) >= 11 is 0. The fourth-order valence-electron chi connectivity index (χ4n) is 2.26. The highest BCUT2D eigenvalue weighted by molar-refractivity contribution is 5.83. The van der Waals surface area contributed by atoms with Crippen molar-refractivity contribution in [1.29, 1.82) is 0 Å². The van der Waals surface area contributed by atoms with Crippen molar-refractivity contribution in [1.82, 2.24) is 15.4 Å². The summed E-state index contributed by atoms with van der Waals surface area (Å²) in [4.78, 5) is 8.70. The van der Waals surface area contributed by atoms with Crippen LogP contribution in [0.15, 0.2) is 54.9 Å². The van der Waals surface area contributed by atoms with E-state index >= 15 is 0 Å². The van der Waals surface area contributed by atoms with E-state index < -0.39 is 0 Å². The van der Waals surface area contributed by atoms with E-state index in [-0.39, 0.29) is 6.04 Å². The van der Waals surface area contributed by atoms with Crippen LogP contribution in [0.4, 0.5) is 0 Å². The van der Waals surface area contributed by atoms with Gasteiger partial charge in [0.15, 0.2) is 5.82 Å². The van der Waals surface area contributed by atoms with Gasteiger partial charge in [0.05, 0.1) is 0 Å². The minimum absolute atomic E-state index is 0.208. The molecule has 1 atom stereocenters. The summed E-state index contributed by atoms with van der Waals surface area (Å²) < 4.78 is 0. The van der Waals surface area contributed by atoms with Crippen LogP contribution < -0.4 is 11.3 Å². The van der Waals surface area contributed by atoms with Gasteiger partial charge in [-0.1, -0.05) is 36.4 Å². The first-order valence-corrected chi connectivity index (χ1v) is 6.51. The molecule has 0 saturated heterocycles. The van der Waals surface area contributed by atoms with Gasteiger partial charge in [-0.15, -0.1) is 0 Å². The number of rotatable bonds is 3. The van der Waals surface area contributed by atoms with Crippen molar-refractivity contribution >= 4 is 10.8 Å². The molecule has 20 heavy (non-hydrogen) atoms. The van der Waals surface area contributed by atoms with Gasteiger partial charge in [0.2, 0.25) is 0 Å². The Morgan fingerprint density at radius 3 is 2.40 bits per heavy atom. The molecule has 0 bridgehead atoms. The molecule has 1 heterocycles. The van der Waals surface area contributed by atoms with Crippen molar-refractivity contribution in [2.24, 2.45) is 5.84 Å². The fraction of sp³-hybridized carbons (Fsp3) is 0.125. The number of nitrogens with one attached hydrogen (secondary N) is 1. The minimum atomic E-state index is -0.208. The summed E-state index contributed by atoms with van der Waals surface area (Å²) in [6.07, 6.45) is 3.60. The molecule has 1 unspecified atom stereocenters. The van der Waals surface area contributed by atoms with E-state index in [4.69, 9.17) is 5.84 Å². The number of benzene rings is 2. The highest BCUT2D eigenvalue weighted by Crippen LogP contribution is 2.23. The Bertz CT molecular complexity index is 722. The molecule has 1 aromatic heterocycles. The Kier molecular flexibility index (Phi) is 3.41. The van der Waals surface area contributed by atoms with E-state index in [1.54, 1.807) is 12.4 Å². The van der Waals surface area contributed by atoms with Crippen LogP contribution in [0.1, 0.15) is 23.0 Å². The van der Waals surface area contributed by atoms with Crippen molar-refractivity contribution in [3.8, 4) is 0 Å². The van der Waals surface area contributed by atoms with E-state index in [1.165, 1.54) is 10.8 Å². The molecule has 0 aliphatic carbocycles. The van der Waals surface area contributed by atoms with Crippen LogP contribution in [0.25, 0.3) is 10.8 Å². The first kappa shape index (κ1) is 12.7. The summed E-state index contributed by atoms with van der Waals surface area (Å²) in [5.41, 5.74) is 4.88. The third-order valence-corrected chi connectivity index (χ3v) is 3.33. The lowest BCUT2D eigenvalue weighted by molar-refractivity contribution is 0.601. The number of aryl methyl sites for hydroxylation is 1. The normalized spacial score (nSPS) is 12.5. The molecule has 0 amide bonds. The van der Waals surface area contributed by atoms with Gasteiger partial charge in [-0.05, 0) is 34.9 Å². The molecule has 3 N–H and O–H groups in total. The second kappa shape index (κ2) is 5.36. The Hall–Kier alpha value is -2.30. The molecule has 0 saturated carbocycles. The largest absolute Gasteiger partial charge is 0.270 e. The molecule has 2 aromatic carbocycles. The third kappa shape index (κ3) is 2.39. The first-order valence-electron chi connectivity index (χ1n) is 6.51. The van der Waals surface area contributed by atoms with Crippen LogP contribution in [-0.4, -0.2) is 9.97 Å². The smallest absolute Gasteiger partial charge is 0.150 e. The third-order valence-electron chi connectivity index (χ3n) is 3.33. The van der Waals surface area contributed by atoms with Gasteiger partial charge in [0.1, 0.15) is 6.04 Å². The summed E-state index contributed by atoms with van der Waals surface area (Å²) in [7, 11) is 0. The maximum atomic E-state index is 5.69. The van der Waals surface area contributed by atoms with Crippen LogP contribution >= 0.6 is 0 Å². The van der Waals surface area contributed by atoms with Crippen LogP contribution in [0.3, 0.4) is 0 Å². The molecule has 3 rings (SSSR count). The van der Waals surface area contributed by atoms with Crippen molar-refractivity contribution in [2.45, 2.75) is 13.0 Å². The highest BCUT2D eigenvalue weighted by Gasteiger charge is 2.15. The zero-order valence-corrected chi connectivity index (χ0v) is 11.2. The van der Waals surface area contributed by atoms with Gasteiger partial charge in [-0.3, -0.25) is 5.84 Å². The Labute approximate surface area is 117 Å². The minimum Gasteiger partial charge on any atom is -0.270 e. The predicted molar refractivity (Wildman–Crippen MR) is 79.9 cm³/mol. The number of hydrazine groups is 1. The van der Waals surface area contributed by atoms with E-state index in [1.807, 2.05) is 19.1 Å². The summed E-state index contributed by atoms with van der Waals surface area (Å²) in [6.45, 7) is 1.96. The quantitative estimate of drug-likeness (QED) is 0.563. The summed E-state index contributed by atoms with van der Waals surface area (Å²) in [5.74, 6) is 6.36. The second-order valence-corrected chi connectivity index (χ2v) is 4.82. The molecule has 4 nitrogen and oxygen atoms in total. The lowest BCUT2D eigenvalue weighted by atomic mass is 10.0. The van der Waals surface area contributed by atoms with Crippen molar-refractivity contribution in [2.75, 3.05) is 0 Å². The lowest BCUT2D eigenvalue weighted by Gasteiger charge is -2.15. The van der Waals surface area contributed by atoms with Gasteiger partial charge in [0, 0.05) is 12.4 Å². The molecule has 0 aliphatic rings. The molecule has 4 heteroatoms. The van der Waals surface area contributed by atoms with Gasteiger partial charge < -0.3 is 0 Å². The van der Waals surface area contributed by atoms with E-state index in [0.29, 0.717) is 5.82 Å². The standard InChI is InChI=1S/C16H16N4/c1-11-9-18-16(19-10-11)15(20-17)14-7-6-12-4-2-3-5-13(12)8-14/h2-10,15,20H,17H2,1H3. The Morgan fingerprint density at radius 1 is 1.00 bits per heavy atom. The maximum absolute atomic E-state index is 5.69. The number of aromatic nitrogens is 2. The predicted octanol–water partition coefficient (Wildman–Crippen LogP) is 2.49. The first-order chi connectivity index (χ1) is 9.78. The van der Waals surface area contributed by atoms with Crippen molar-refractivity contribution < 1.29 is 0 Å². The van der Waals surface area contributed by atoms with Crippen LogP contribution in [0, 0.1) is 6.92 Å². The average molecular weight is 264 g/mol. The molecular formula is C16H16N4. The SMILES string of the molecule is Cc1cnc(C(NN)c2ccc3ccccc3c2)nc1. The lowest BCUT2D eigenvalue weighted by Crippen LogP contribution is -2.30. The molecule has 0 spiro atoms. The molecule has 0 radical (unpaired) electrons. The molecule has 0 aliphatic heterocycles. The monoisotopic (exact) mass is 264 g/mol. The van der Waals surface area contributed by atoms with Crippen molar-refractivity contribution in [3.63, 3.8) is 0 Å². The highest BCUT2D eigenvalue weighted by atomic mass is 15.2. The summed E-state index contributed by atoms with van der Waals surface area (Å²) in [6, 6.07) is 14.3. The van der Waals surface area contributed by atoms with Gasteiger partial charge in [-0.25, -0.2) is 15.4 Å². The number of hydrogen-bond donors (Lipinski definition) is 2. The maximum Gasteiger partial charge on any atom is 0.150 e. The van der Waals surface area contributed by atoms with E-state index in [0.717, 1.165) is 11.1 Å². The summed E-state index contributed by atoms with van der Waals surface area (Å²) in [5, 5.41) is 2.38. The van der Waals surface area contributed by atoms with E-state index in [2.05, 4.69) is 45.7 Å². The van der Waals surface area contributed by atoms with Gasteiger partial charge >= 0.3 is 0 Å². The molecule has 0 fully saturated rings. The zero-order valence-electron chi connectivity index (χ0n) is 11.2. The molecule has 3 aromatic rings. The number of nitrogens with two attached hydrogens (primary N) is 1. The topological polar surface area (TPSA) is 63.8 Å². The number of fused-ring (bicyclic) bond motifs is 1. The van der Waals surface area contributed by atoms with E-state index in [9.17, 15) is 0 Å². The van der Waals surface area contributed by atoms with Gasteiger partial charge in [0.25, 0.3) is 0 Å². The Balaban J connectivity index is 2.04. The van der Waals surface area contributed by atoms with Crippen LogP contribution in [0.2, 0.25) is 0 Å². The average Bonchev–Trinajstić information content (AvgIpc) is 2.50. The van der Waals surface area contributed by atoms with Gasteiger partial charge in [-0.2, -0.15) is 0 Å².